The molecule has 0 N–H and O–H groups in total. The molecule has 0 aliphatic rings. The zero-order valence-corrected chi connectivity index (χ0v) is 12.6. The standard InChI is InChI=1S/C13H17F2NO4S/c1-16(9-3-4-12(17)20-2)10-5-7-11(8-6-10)21(18,19)13(14)15/h5-8,13H,3-4,9H2,1-2H3. The fourth-order valence-corrected chi connectivity index (χ4v) is 2.41. The highest BCUT2D eigenvalue weighted by atomic mass is 32.2. The lowest BCUT2D eigenvalue weighted by Gasteiger charge is -2.19. The smallest absolute Gasteiger partial charge is 0.341 e. The first kappa shape index (κ1) is 17.4. The molecule has 0 amide bonds. The van der Waals surface area contributed by atoms with E-state index in [-0.39, 0.29) is 12.4 Å². The molecule has 0 aliphatic heterocycles. The fraction of sp³-hybridized carbons (Fsp3) is 0.462. The number of ether oxygens (including phenoxy) is 1. The summed E-state index contributed by atoms with van der Waals surface area (Å²) in [6, 6.07) is 5.20. The monoisotopic (exact) mass is 321 g/mol. The molecule has 0 aliphatic carbocycles. The van der Waals surface area contributed by atoms with Gasteiger partial charge in [0, 0.05) is 25.7 Å². The summed E-state index contributed by atoms with van der Waals surface area (Å²) >= 11 is 0. The Labute approximate surface area is 122 Å². The average Bonchev–Trinajstić information content (AvgIpc) is 2.46. The number of anilines is 1. The number of esters is 1. The van der Waals surface area contributed by atoms with Crippen LogP contribution in [0.5, 0.6) is 0 Å². The molecule has 118 valence electrons. The molecular formula is C13H17F2NO4S. The van der Waals surface area contributed by atoms with Crippen LogP contribution in [0.2, 0.25) is 0 Å². The number of alkyl halides is 2. The van der Waals surface area contributed by atoms with E-state index in [1.54, 1.807) is 11.9 Å². The highest BCUT2D eigenvalue weighted by Crippen LogP contribution is 2.21. The SMILES string of the molecule is COC(=O)CCCN(C)c1ccc(S(=O)(=O)C(F)F)cc1. The number of benzene rings is 1. The Bertz CT molecular complexity index is 572. The second kappa shape index (κ2) is 7.35. The molecule has 1 aromatic carbocycles. The fourth-order valence-electron chi connectivity index (χ4n) is 1.68. The molecular weight excluding hydrogens is 304 g/mol. The number of sulfone groups is 1. The summed E-state index contributed by atoms with van der Waals surface area (Å²) in [6.45, 7) is 0.552. The predicted octanol–water partition coefficient (Wildman–Crippen LogP) is 2.07. The Morgan fingerprint density at radius 1 is 1.29 bits per heavy atom. The Balaban J connectivity index is 2.68. The predicted molar refractivity (Wildman–Crippen MR) is 74.2 cm³/mol. The van der Waals surface area contributed by atoms with Crippen LogP contribution in [-0.2, 0) is 19.4 Å². The summed E-state index contributed by atoms with van der Waals surface area (Å²) < 4.78 is 51.9. The van der Waals surface area contributed by atoms with Crippen LogP contribution in [0.15, 0.2) is 29.2 Å². The third kappa shape index (κ3) is 4.66. The number of halogens is 2. The van der Waals surface area contributed by atoms with Crippen molar-refractivity contribution in [3.8, 4) is 0 Å². The lowest BCUT2D eigenvalue weighted by molar-refractivity contribution is -0.140. The zero-order chi connectivity index (χ0) is 16.0. The van der Waals surface area contributed by atoms with Crippen molar-refractivity contribution in [2.75, 3.05) is 25.6 Å². The maximum Gasteiger partial charge on any atom is 0.341 e. The normalized spacial score (nSPS) is 11.5. The van der Waals surface area contributed by atoms with Gasteiger partial charge in [0.25, 0.3) is 0 Å². The highest BCUT2D eigenvalue weighted by molar-refractivity contribution is 7.91. The summed E-state index contributed by atoms with van der Waals surface area (Å²) in [4.78, 5) is 12.4. The molecule has 0 spiro atoms. The van der Waals surface area contributed by atoms with Gasteiger partial charge in [0.05, 0.1) is 12.0 Å². The summed E-state index contributed by atoms with van der Waals surface area (Å²) in [5.41, 5.74) is 0.674. The molecule has 0 atom stereocenters. The van der Waals surface area contributed by atoms with Gasteiger partial charge in [-0.15, -0.1) is 0 Å². The van der Waals surface area contributed by atoms with Crippen LogP contribution in [0.25, 0.3) is 0 Å². The van der Waals surface area contributed by atoms with Gasteiger partial charge in [-0.1, -0.05) is 0 Å². The third-order valence-electron chi connectivity index (χ3n) is 2.94. The van der Waals surface area contributed by atoms with Gasteiger partial charge >= 0.3 is 11.7 Å². The quantitative estimate of drug-likeness (QED) is 0.720. The van der Waals surface area contributed by atoms with Gasteiger partial charge in [-0.3, -0.25) is 4.79 Å². The van der Waals surface area contributed by atoms with Gasteiger partial charge in [-0.2, -0.15) is 8.78 Å². The molecule has 0 heterocycles. The molecule has 5 nitrogen and oxygen atoms in total. The van der Waals surface area contributed by atoms with Crippen molar-refractivity contribution >= 4 is 21.5 Å². The van der Waals surface area contributed by atoms with Crippen molar-refractivity contribution in [2.24, 2.45) is 0 Å². The zero-order valence-electron chi connectivity index (χ0n) is 11.8. The molecule has 0 radical (unpaired) electrons. The van der Waals surface area contributed by atoms with E-state index < -0.39 is 20.5 Å². The van der Waals surface area contributed by atoms with Crippen LogP contribution in [0.1, 0.15) is 12.8 Å². The summed E-state index contributed by atoms with van der Waals surface area (Å²) in [5, 5.41) is 0. The number of nitrogens with zero attached hydrogens (tertiary/aromatic N) is 1. The summed E-state index contributed by atoms with van der Waals surface area (Å²) in [6.07, 6.45) is 0.846. The van der Waals surface area contributed by atoms with Gasteiger partial charge in [0.2, 0.25) is 9.84 Å². The van der Waals surface area contributed by atoms with E-state index >= 15 is 0 Å². The molecule has 1 rings (SSSR count). The molecule has 0 unspecified atom stereocenters. The first-order chi connectivity index (χ1) is 9.78. The van der Waals surface area contributed by atoms with Crippen LogP contribution in [-0.4, -0.2) is 40.8 Å². The number of rotatable bonds is 7. The van der Waals surface area contributed by atoms with E-state index in [0.29, 0.717) is 18.7 Å². The largest absolute Gasteiger partial charge is 0.469 e. The van der Waals surface area contributed by atoms with Crippen molar-refractivity contribution in [3.63, 3.8) is 0 Å². The molecule has 0 saturated heterocycles. The van der Waals surface area contributed by atoms with Gasteiger partial charge in [-0.05, 0) is 30.7 Å². The van der Waals surface area contributed by atoms with Crippen molar-refractivity contribution in [3.05, 3.63) is 24.3 Å². The molecule has 0 fully saturated rings. The van der Waals surface area contributed by atoms with Gasteiger partial charge in [0.1, 0.15) is 0 Å². The molecule has 0 bridgehead atoms. The minimum absolute atomic E-state index is 0.276. The minimum atomic E-state index is -4.56. The number of carbonyl (C=O) groups excluding carboxylic acids is 1. The topological polar surface area (TPSA) is 63.7 Å². The lowest BCUT2D eigenvalue weighted by Crippen LogP contribution is -2.19. The van der Waals surface area contributed by atoms with E-state index in [1.807, 2.05) is 0 Å². The Hall–Kier alpha value is -1.70. The molecule has 21 heavy (non-hydrogen) atoms. The van der Waals surface area contributed by atoms with Crippen molar-refractivity contribution < 1.29 is 26.7 Å². The Kier molecular flexibility index (Phi) is 6.07. The van der Waals surface area contributed by atoms with Crippen LogP contribution in [0.3, 0.4) is 0 Å². The van der Waals surface area contributed by atoms with E-state index in [1.165, 1.54) is 19.2 Å². The second-order valence-electron chi connectivity index (χ2n) is 4.40. The van der Waals surface area contributed by atoms with Crippen LogP contribution in [0.4, 0.5) is 14.5 Å². The lowest BCUT2D eigenvalue weighted by atomic mass is 10.2. The maximum absolute atomic E-state index is 12.4. The van der Waals surface area contributed by atoms with Crippen LogP contribution in [0, 0.1) is 0 Å². The number of hydrogen-bond donors (Lipinski definition) is 0. The molecule has 1 aromatic rings. The van der Waals surface area contributed by atoms with E-state index in [2.05, 4.69) is 4.74 Å². The van der Waals surface area contributed by atoms with E-state index in [0.717, 1.165) is 12.1 Å². The number of hydrogen-bond acceptors (Lipinski definition) is 5. The van der Waals surface area contributed by atoms with Crippen molar-refractivity contribution in [1.82, 2.24) is 0 Å². The van der Waals surface area contributed by atoms with E-state index in [4.69, 9.17) is 0 Å². The Morgan fingerprint density at radius 2 is 1.86 bits per heavy atom. The van der Waals surface area contributed by atoms with Crippen molar-refractivity contribution in [1.29, 1.82) is 0 Å². The van der Waals surface area contributed by atoms with Gasteiger partial charge in [0.15, 0.2) is 0 Å². The minimum Gasteiger partial charge on any atom is -0.469 e. The first-order valence-corrected chi connectivity index (χ1v) is 7.73. The molecule has 0 aromatic heterocycles. The van der Waals surface area contributed by atoms with E-state index in [9.17, 15) is 22.0 Å². The number of carbonyl (C=O) groups is 1. The molecule has 8 heteroatoms. The number of methoxy groups -OCH3 is 1. The third-order valence-corrected chi connectivity index (χ3v) is 4.34. The maximum atomic E-state index is 12.4. The summed E-state index contributed by atoms with van der Waals surface area (Å²) in [7, 11) is -1.49. The van der Waals surface area contributed by atoms with Crippen LogP contribution < -0.4 is 4.90 Å². The van der Waals surface area contributed by atoms with Gasteiger partial charge < -0.3 is 9.64 Å². The average molecular weight is 321 g/mol. The highest BCUT2D eigenvalue weighted by Gasteiger charge is 2.26. The second-order valence-corrected chi connectivity index (χ2v) is 6.32. The first-order valence-electron chi connectivity index (χ1n) is 6.19. The summed E-state index contributed by atoms with van der Waals surface area (Å²) in [5.74, 6) is -3.73. The molecule has 0 saturated carbocycles. The van der Waals surface area contributed by atoms with Gasteiger partial charge in [-0.25, -0.2) is 8.42 Å². The Morgan fingerprint density at radius 3 is 2.33 bits per heavy atom. The van der Waals surface area contributed by atoms with Crippen LogP contribution >= 0.6 is 0 Å². The van der Waals surface area contributed by atoms with Crippen molar-refractivity contribution in [2.45, 2.75) is 23.5 Å².